The summed E-state index contributed by atoms with van der Waals surface area (Å²) in [7, 11) is -2.02. The Bertz CT molecular complexity index is 4430. The summed E-state index contributed by atoms with van der Waals surface area (Å²) in [5.41, 5.74) is 5.41. The monoisotopic (exact) mass is 1440 g/mol. The zero-order valence-corrected chi connectivity index (χ0v) is 59.9. The normalized spacial score (nSPS) is 12.7. The number of aliphatic carboxylic acids is 1. The van der Waals surface area contributed by atoms with E-state index in [0.29, 0.717) is 98.8 Å². The van der Waals surface area contributed by atoms with Crippen LogP contribution in [0.3, 0.4) is 0 Å². The number of hydrogen-bond donors (Lipinski definition) is 1. The molecular weight excluding hydrogens is 1370 g/mol. The first-order chi connectivity index (χ1) is 45.4. The van der Waals surface area contributed by atoms with Gasteiger partial charge in [-0.1, -0.05) is 128 Å². The predicted octanol–water partition coefficient (Wildman–Crippen LogP) is 17.0. The van der Waals surface area contributed by atoms with E-state index in [9.17, 15) is 18.3 Å². The fourth-order valence-electron chi connectivity index (χ4n) is 10.6. The summed E-state index contributed by atoms with van der Waals surface area (Å²) < 4.78 is 85.3. The van der Waals surface area contributed by atoms with E-state index < -0.39 is 48.8 Å². The first-order valence-corrected chi connectivity index (χ1v) is 36.9. The number of ether oxygens (including phenoxy) is 7. The second-order valence-corrected chi connectivity index (χ2v) is 33.4. The summed E-state index contributed by atoms with van der Waals surface area (Å²) in [5, 5.41) is 11.5. The molecule has 23 heteroatoms. The smallest absolute Gasteiger partial charge is 0.345 e. The second-order valence-electron chi connectivity index (χ2n) is 23.9. The largest absolute Gasteiger partial charge is 0.543 e. The summed E-state index contributed by atoms with van der Waals surface area (Å²) in [5.74, 6) is 1.90. The fraction of sp³-hybridized carbons (Fsp3) is 0.264. The molecule has 2 atom stereocenters. The minimum absolute atomic E-state index is 0.00739. The Hall–Kier alpha value is -8.12. The van der Waals surface area contributed by atoms with Crippen molar-refractivity contribution in [3.05, 3.63) is 223 Å². The van der Waals surface area contributed by atoms with E-state index in [-0.39, 0.29) is 51.2 Å². The van der Waals surface area contributed by atoms with E-state index >= 15 is 0 Å². The first kappa shape index (κ1) is 69.7. The average Bonchev–Trinajstić information content (AvgIpc) is 1.74. The maximum absolute atomic E-state index is 14.0. The van der Waals surface area contributed by atoms with Crippen LogP contribution in [-0.2, 0) is 42.5 Å². The molecule has 0 aliphatic rings. The standard InChI is InChI=1S/C72H71BrCl2N4O13S2Si/c1-43-21-32-55(33-22-43)94(82,83)89-41-54(40-88-72(47-17-13-12-14-18-47,48-23-27-51(84-7)28-24-48)49-25-29-52(85-8)30-26-49)90-65-63(74)44(2)60(45(3)64(65)75)61-62-68(77-42-78-69(62)93-66(61)73)91-59(70(80)81)38-46-37-53(92-95(10,11)71(4,5)6)31-34-57(46)87-39-50-35-36-76-67(79-50)56-19-15-16-20-58(56)86-9/h12-37,42,54,59H,38-41H2,1-11H3,(H,80,81)/t54-,59-/m1/s1. The third kappa shape index (κ3) is 15.3. The molecule has 0 aliphatic heterocycles. The van der Waals surface area contributed by atoms with Crippen molar-refractivity contribution in [3.8, 4) is 62.9 Å². The molecule has 0 amide bonds. The zero-order chi connectivity index (χ0) is 68.0. The van der Waals surface area contributed by atoms with Gasteiger partial charge in [-0.15, -0.1) is 11.3 Å². The molecule has 0 radical (unpaired) electrons. The van der Waals surface area contributed by atoms with Gasteiger partial charge >= 0.3 is 5.97 Å². The van der Waals surface area contributed by atoms with Crippen LogP contribution in [0.1, 0.15) is 65.4 Å². The van der Waals surface area contributed by atoms with Gasteiger partial charge in [-0.25, -0.2) is 24.7 Å². The number of methoxy groups -OCH3 is 3. The fourth-order valence-corrected chi connectivity index (χ4v) is 14.8. The highest BCUT2D eigenvalue weighted by Crippen LogP contribution is 2.52. The summed E-state index contributed by atoms with van der Waals surface area (Å²) in [4.78, 5) is 32.6. The number of benzene rings is 7. The topological polar surface area (TPSA) is 206 Å². The number of para-hydroxylation sites is 1. The quantitative estimate of drug-likeness (QED) is 0.0289. The number of halogens is 3. The molecule has 0 saturated carbocycles. The lowest BCUT2D eigenvalue weighted by molar-refractivity contribution is -0.145. The molecule has 0 unspecified atom stereocenters. The minimum Gasteiger partial charge on any atom is -0.543 e. The Morgan fingerprint density at radius 2 is 1.31 bits per heavy atom. The molecule has 0 bridgehead atoms. The molecule has 494 valence electrons. The number of hydrogen-bond acceptors (Lipinski definition) is 17. The molecule has 10 aromatic rings. The minimum atomic E-state index is -4.38. The van der Waals surface area contributed by atoms with Crippen LogP contribution in [0.15, 0.2) is 173 Å². The van der Waals surface area contributed by atoms with Gasteiger partial charge in [-0.2, -0.15) is 8.42 Å². The number of nitrogens with zero attached hydrogens (tertiary/aromatic N) is 4. The number of carboxylic acid groups (broad SMARTS) is 1. The number of rotatable bonds is 27. The van der Waals surface area contributed by atoms with Crippen LogP contribution in [-0.4, -0.2) is 94.5 Å². The average molecular weight is 1440 g/mol. The van der Waals surface area contributed by atoms with E-state index in [0.717, 1.165) is 11.1 Å². The molecule has 95 heavy (non-hydrogen) atoms. The Kier molecular flexibility index (Phi) is 21.6. The van der Waals surface area contributed by atoms with Crippen molar-refractivity contribution in [2.24, 2.45) is 0 Å². The molecule has 7 aromatic carbocycles. The van der Waals surface area contributed by atoms with Crippen molar-refractivity contribution < 1.29 is 60.1 Å². The van der Waals surface area contributed by atoms with Gasteiger partial charge in [0, 0.05) is 23.7 Å². The highest BCUT2D eigenvalue weighted by molar-refractivity contribution is 9.11. The van der Waals surface area contributed by atoms with Crippen molar-refractivity contribution in [1.29, 1.82) is 0 Å². The van der Waals surface area contributed by atoms with E-state index in [1.54, 1.807) is 71.7 Å². The van der Waals surface area contributed by atoms with Crippen molar-refractivity contribution in [1.82, 2.24) is 19.9 Å². The lowest BCUT2D eigenvalue weighted by Crippen LogP contribution is -2.43. The van der Waals surface area contributed by atoms with Crippen molar-refractivity contribution >= 4 is 85.1 Å². The molecule has 3 aromatic heterocycles. The molecule has 1 N–H and O–H groups in total. The molecule has 10 rings (SSSR count). The van der Waals surface area contributed by atoms with Crippen LogP contribution in [0.25, 0.3) is 32.7 Å². The molecular formula is C72H71BrCl2N4O13S2Si. The van der Waals surface area contributed by atoms with Gasteiger partial charge in [0.05, 0.1) is 63.3 Å². The van der Waals surface area contributed by atoms with Crippen LogP contribution in [0.2, 0.25) is 28.2 Å². The Balaban J connectivity index is 1.01. The van der Waals surface area contributed by atoms with E-state index in [1.807, 2.05) is 116 Å². The maximum atomic E-state index is 14.0. The SMILES string of the molecule is COc1ccc(C(OC[C@H](COS(=O)(=O)c2ccc(C)cc2)Oc2c(Cl)c(C)c(-c3c(Br)sc4ncnc(O[C@H](Cc5cc(O[Si](C)(C)C(C)(C)C)ccc5OCc5ccnc(-c6ccccc6OC)n5)C(=O)O)c34)c(C)c2Cl)(c2ccccc2)c2ccc(OC)cc2)cc1. The van der Waals surface area contributed by atoms with Gasteiger partial charge in [0.2, 0.25) is 20.3 Å². The van der Waals surface area contributed by atoms with Gasteiger partial charge in [-0.3, -0.25) is 4.18 Å². The molecule has 3 heterocycles. The predicted molar refractivity (Wildman–Crippen MR) is 375 cm³/mol. The number of fused-ring (bicyclic) bond motifs is 1. The van der Waals surface area contributed by atoms with Crippen LogP contribution in [0.4, 0.5) is 0 Å². The molecule has 17 nitrogen and oxygen atoms in total. The number of aromatic nitrogens is 4. The molecule has 0 fully saturated rings. The summed E-state index contributed by atoms with van der Waals surface area (Å²) in [6, 6.07) is 45.4. The van der Waals surface area contributed by atoms with Crippen LogP contribution in [0.5, 0.6) is 40.4 Å². The number of thiophene rings is 1. The van der Waals surface area contributed by atoms with E-state index in [2.05, 4.69) is 64.7 Å². The summed E-state index contributed by atoms with van der Waals surface area (Å²) in [6.45, 7) is 15.2. The number of aryl methyl sites for hydroxylation is 1. The molecule has 0 saturated heterocycles. The zero-order valence-electron chi connectivity index (χ0n) is 54.2. The summed E-state index contributed by atoms with van der Waals surface area (Å²) >= 11 is 20.1. The van der Waals surface area contributed by atoms with Crippen LogP contribution >= 0.6 is 50.5 Å². The van der Waals surface area contributed by atoms with Gasteiger partial charge in [0.15, 0.2) is 11.6 Å². The molecule has 0 aliphatic carbocycles. The Morgan fingerprint density at radius 1 is 0.695 bits per heavy atom. The van der Waals surface area contributed by atoms with Crippen LogP contribution in [0, 0.1) is 20.8 Å². The number of carbonyl (C=O) groups is 1. The van der Waals surface area contributed by atoms with Gasteiger partial charge in [-0.05, 0) is 161 Å². The van der Waals surface area contributed by atoms with Crippen molar-refractivity contribution in [2.45, 2.75) is 95.4 Å². The molecule has 0 spiro atoms. The van der Waals surface area contributed by atoms with Crippen LogP contribution < -0.4 is 32.8 Å². The highest BCUT2D eigenvalue weighted by atomic mass is 79.9. The Morgan fingerprint density at radius 3 is 1.92 bits per heavy atom. The Labute approximate surface area is 576 Å². The second kappa shape index (κ2) is 29.5. The lowest BCUT2D eigenvalue weighted by Gasteiger charge is -2.37. The highest BCUT2D eigenvalue weighted by Gasteiger charge is 2.41. The van der Waals surface area contributed by atoms with Gasteiger partial charge < -0.3 is 42.7 Å². The first-order valence-electron chi connectivity index (χ1n) is 30.2. The number of carboxylic acids is 1. The van der Waals surface area contributed by atoms with E-state index in [1.165, 1.54) is 29.8 Å². The van der Waals surface area contributed by atoms with E-state index in [4.69, 9.17) is 70.0 Å². The van der Waals surface area contributed by atoms with Crippen molar-refractivity contribution in [3.63, 3.8) is 0 Å². The summed E-state index contributed by atoms with van der Waals surface area (Å²) in [6.07, 6.45) is -0.0122. The third-order valence-electron chi connectivity index (χ3n) is 16.7. The van der Waals surface area contributed by atoms with Gasteiger partial charge in [0.1, 0.15) is 64.8 Å². The van der Waals surface area contributed by atoms with Gasteiger partial charge in [0.25, 0.3) is 10.1 Å². The van der Waals surface area contributed by atoms with Crippen molar-refractivity contribution in [2.75, 3.05) is 34.5 Å². The third-order valence-corrected chi connectivity index (χ3v) is 25.0. The maximum Gasteiger partial charge on any atom is 0.345 e. The lowest BCUT2D eigenvalue weighted by atomic mass is 9.80.